The van der Waals surface area contributed by atoms with E-state index in [0.717, 1.165) is 83.7 Å². The summed E-state index contributed by atoms with van der Waals surface area (Å²) in [4.78, 5) is 82.0. The van der Waals surface area contributed by atoms with Crippen molar-refractivity contribution in [2.75, 3.05) is 33.0 Å². The minimum Gasteiger partial charge on any atom is -0.481 e. The number of carbonyl (C=O) groups is 4. The van der Waals surface area contributed by atoms with Gasteiger partial charge in [0.25, 0.3) is 0 Å². The van der Waals surface area contributed by atoms with Gasteiger partial charge in [0.15, 0.2) is 0 Å². The topological polar surface area (TPSA) is 370 Å². The molecule has 0 radical (unpaired) electrons. The lowest BCUT2D eigenvalue weighted by atomic mass is 9.63. The van der Waals surface area contributed by atoms with Gasteiger partial charge in [0, 0.05) is 25.0 Å². The van der Waals surface area contributed by atoms with Crippen LogP contribution in [0.5, 0.6) is 0 Å². The molecule has 0 spiro atoms. The van der Waals surface area contributed by atoms with Gasteiger partial charge in [-0.25, -0.2) is 39.1 Å². The summed E-state index contributed by atoms with van der Waals surface area (Å²) in [5, 5.41) is 80.3. The number of aliphatic carboxylic acids is 1. The first-order chi connectivity index (χ1) is 55.9. The SMILES string of the molecule is C.C.C.C.C.C.C.C.C.C.C.C.C.C.C.C.CC(C(=O)O)C(C)C(=O)OC(C)(C)C.CCC(C)(C)C(OO)C(C)(C)C.CCC(C)(C)C(OO)C(C)(C)CC.CCC(C)(C)C(OO)C1(C)CCCCC1.CCC(C)(C)C(OO)C1(C)CCOC(=O)C1.CCC(C)(C)C(OO)C1(C)CCOC1=O.CCC(C)(C)C(OO)C1CCCCO1.CCC(C)(C)C(OO)[Si](C)(C)C.CCOCC(OO)C(C)(C)CC. The van der Waals surface area contributed by atoms with E-state index in [-0.39, 0.29) is 244 Å². The van der Waals surface area contributed by atoms with E-state index in [1.165, 1.54) is 45.4 Å². The molecule has 3 heterocycles. The molecule has 139 heavy (non-hydrogen) atoms. The molecule has 4 fully saturated rings. The summed E-state index contributed by atoms with van der Waals surface area (Å²) in [6.45, 7) is 88.5. The highest BCUT2D eigenvalue weighted by atomic mass is 28.3. The number of carbonyl (C=O) groups excluding carboxylic acids is 3. The summed E-state index contributed by atoms with van der Waals surface area (Å²) in [5.41, 5.74) is -1.76. The molecule has 0 aromatic rings. The minimum absolute atomic E-state index is 0. The molecule has 0 amide bonds. The van der Waals surface area contributed by atoms with Crippen LogP contribution in [0.3, 0.4) is 0 Å². The third kappa shape index (κ3) is 65.1. The molecule has 0 aromatic carbocycles. The molecule has 868 valence electrons. The maximum absolute atomic E-state index is 11.6. The van der Waals surface area contributed by atoms with Crippen LogP contribution < -0.4 is 0 Å². The smallest absolute Gasteiger partial charge is 0.314 e. The third-order valence-corrected chi connectivity index (χ3v) is 30.3. The Hall–Kier alpha value is -2.62. The summed E-state index contributed by atoms with van der Waals surface area (Å²) < 4.78 is 25.8. The Labute approximate surface area is 868 Å². The van der Waals surface area contributed by atoms with Crippen molar-refractivity contribution in [3.63, 3.8) is 0 Å². The fraction of sp³-hybridized carbons (Fsp3) is 0.964. The molecule has 4 rings (SSSR count). The molecule has 27 heteroatoms. The Morgan fingerprint density at radius 2 is 0.741 bits per heavy atom. The Morgan fingerprint density at radius 3 is 0.993 bits per heavy atom. The van der Waals surface area contributed by atoms with E-state index < -0.39 is 49.0 Å². The highest BCUT2D eigenvalue weighted by Crippen LogP contribution is 2.50. The van der Waals surface area contributed by atoms with Crippen molar-refractivity contribution in [2.24, 2.45) is 82.2 Å². The fourth-order valence-corrected chi connectivity index (χ4v) is 19.2. The average molecular weight is 2050 g/mol. The quantitative estimate of drug-likeness (QED) is 0.00917. The van der Waals surface area contributed by atoms with Crippen LogP contribution in [-0.4, -0.2) is 172 Å². The largest absolute Gasteiger partial charge is 0.481 e. The third-order valence-electron chi connectivity index (χ3n) is 27.8. The van der Waals surface area contributed by atoms with Gasteiger partial charge in [-0.2, -0.15) is 0 Å². The molecule has 12 unspecified atom stereocenters. The van der Waals surface area contributed by atoms with E-state index in [2.05, 4.69) is 220 Å². The second-order valence-electron chi connectivity index (χ2n) is 45.2. The monoisotopic (exact) mass is 2050 g/mol. The molecule has 0 aromatic heterocycles. The van der Waals surface area contributed by atoms with Gasteiger partial charge in [0.1, 0.15) is 48.3 Å². The molecule has 1 saturated carbocycles. The molecule has 9 N–H and O–H groups in total. The number of carboxylic acid groups (broad SMARTS) is 1. The van der Waals surface area contributed by atoms with Crippen molar-refractivity contribution >= 4 is 32.0 Å². The predicted molar refractivity (Wildman–Crippen MR) is 602 cm³/mol. The lowest BCUT2D eigenvalue weighted by molar-refractivity contribution is -0.331. The number of hydrogen-bond donors (Lipinski definition) is 9. The van der Waals surface area contributed by atoms with E-state index in [1.807, 2.05) is 62.3 Å². The number of carboxylic acids is 1. The van der Waals surface area contributed by atoms with Crippen molar-refractivity contribution in [2.45, 2.75) is 597 Å². The summed E-state index contributed by atoms with van der Waals surface area (Å²) in [5.74, 6) is -3.27. The standard InChI is InChI=1S/C13H26O2.C12H22O4.C11H20O4.C11H22O3.C11H24O2.C10H18O4.C10H22O2.C9H20O3.C9H22O2Si.16CH4/c1-5-12(2,3)11(15-14)13(4)9-7-6-8-10-13;1-5-11(2,3)10(16-14)12(4)6-7-15-9(13)8-12;1-5-10(2,3)8(15-13)11(4)6-7-14-9(11)12;1-4-11(2,3)10(14-12)9-7-5-6-8-13-9;1-7-10(3,4)9(13-12)11(5,6)8-2;1-6(8(11)12)7(2)9(13)14-10(3,4)5;1-7-10(5,6)8(12-11)9(2,3)4;1-5-9(3,4)8(12-10)7-11-6-2;1-7-9(2,3)8(11-10)12(4,5)6;;;;;;;;;;;;;;;;/h11,14H,5-10H2,1-4H3;10,14H,5-8H2,1-4H3;8,13H,5-7H2,1-4H3;9-10,12H,4-8H2,1-3H3;9,12H,7-8H2,1-6H3;6-7H,1-5H3,(H,11,12);8,11H,7H2,1-6H3;8,10H,5-7H2,1-4H3;8,10H,7H2,1-6H3;16*1H4. The van der Waals surface area contributed by atoms with Crippen LogP contribution in [0.1, 0.15) is 517 Å². The zero-order valence-electron chi connectivity index (χ0n) is 86.5. The molecular formula is C112H260O26Si. The Morgan fingerprint density at radius 1 is 0.388 bits per heavy atom. The lowest BCUT2D eigenvalue weighted by Crippen LogP contribution is -2.49. The molecule has 12 atom stereocenters. The summed E-state index contributed by atoms with van der Waals surface area (Å²) in [6, 6.07) is 0. The number of rotatable bonds is 37. The van der Waals surface area contributed by atoms with E-state index in [9.17, 15) is 24.4 Å². The van der Waals surface area contributed by atoms with Gasteiger partial charge >= 0.3 is 23.9 Å². The Bertz CT molecular complexity index is 2750. The van der Waals surface area contributed by atoms with Crippen LogP contribution in [-0.2, 0) is 82.0 Å². The highest BCUT2D eigenvalue weighted by Gasteiger charge is 2.54. The minimum atomic E-state index is -1.42. The number of ether oxygens (including phenoxy) is 5. The zero-order chi connectivity index (χ0) is 98.0. The summed E-state index contributed by atoms with van der Waals surface area (Å²) in [6.07, 6.45) is 18.4. The molecular weight excluding hydrogens is 1790 g/mol. The second-order valence-corrected chi connectivity index (χ2v) is 50.4. The van der Waals surface area contributed by atoms with E-state index in [1.54, 1.807) is 34.6 Å². The Kier molecular flexibility index (Phi) is 114. The van der Waals surface area contributed by atoms with Crippen LogP contribution >= 0.6 is 0 Å². The normalized spacial score (nSPS) is 18.6. The van der Waals surface area contributed by atoms with Gasteiger partial charge < -0.3 is 28.8 Å². The van der Waals surface area contributed by atoms with Gasteiger partial charge in [-0.05, 0) is 190 Å². The van der Waals surface area contributed by atoms with Crippen LogP contribution in [0.2, 0.25) is 19.6 Å². The summed E-state index contributed by atoms with van der Waals surface area (Å²) >= 11 is 0. The first kappa shape index (κ1) is 188. The van der Waals surface area contributed by atoms with E-state index in [4.69, 9.17) is 70.5 Å². The van der Waals surface area contributed by atoms with Gasteiger partial charge in [0.05, 0.1) is 63.4 Å². The number of cyclic esters (lactones) is 2. The summed E-state index contributed by atoms with van der Waals surface area (Å²) in [7, 11) is -1.42. The van der Waals surface area contributed by atoms with Crippen molar-refractivity contribution in [3.8, 4) is 0 Å². The maximum Gasteiger partial charge on any atom is 0.314 e. The number of esters is 3. The van der Waals surface area contributed by atoms with Crippen molar-refractivity contribution in [1.82, 2.24) is 0 Å². The van der Waals surface area contributed by atoms with E-state index >= 15 is 0 Å². The number of hydrogen-bond acceptors (Lipinski definition) is 25. The van der Waals surface area contributed by atoms with Crippen molar-refractivity contribution in [3.05, 3.63) is 0 Å². The van der Waals surface area contributed by atoms with Crippen molar-refractivity contribution in [1.29, 1.82) is 0 Å². The van der Waals surface area contributed by atoms with Crippen LogP contribution in [0.25, 0.3) is 0 Å². The van der Waals surface area contributed by atoms with E-state index in [0.29, 0.717) is 39.3 Å². The average Bonchev–Trinajstić information content (AvgIpc) is 1.66. The van der Waals surface area contributed by atoms with Gasteiger partial charge in [-0.15, -0.1) is 0 Å². The van der Waals surface area contributed by atoms with Crippen LogP contribution in [0.4, 0.5) is 0 Å². The molecule has 1 aliphatic carbocycles. The first-order valence-corrected chi connectivity index (χ1v) is 49.8. The fourth-order valence-electron chi connectivity index (χ4n) is 16.3. The highest BCUT2D eigenvalue weighted by molar-refractivity contribution is 6.77. The van der Waals surface area contributed by atoms with Crippen LogP contribution in [0.15, 0.2) is 0 Å². The molecule has 3 aliphatic heterocycles. The maximum atomic E-state index is 11.6. The van der Waals surface area contributed by atoms with Crippen LogP contribution in [0, 0.1) is 82.2 Å². The molecule has 3 saturated heterocycles. The predicted octanol–water partition coefficient (Wildman–Crippen LogP) is 36.3. The van der Waals surface area contributed by atoms with Crippen molar-refractivity contribution < 1.29 is 129 Å². The Balaban J connectivity index is -0.0000000586. The lowest BCUT2D eigenvalue weighted by Gasteiger charge is -2.46. The zero-order valence-corrected chi connectivity index (χ0v) is 87.5. The molecule has 0 bridgehead atoms. The second kappa shape index (κ2) is 84.2. The van der Waals surface area contributed by atoms with Gasteiger partial charge in [-0.1, -0.05) is 393 Å². The molecule has 4 aliphatic rings. The molecule has 26 nitrogen and oxygen atoms in total. The van der Waals surface area contributed by atoms with Gasteiger partial charge in [-0.3, -0.25) is 61.2 Å². The first-order valence-electron chi connectivity index (χ1n) is 46.3. The van der Waals surface area contributed by atoms with Gasteiger partial charge in [0.2, 0.25) is 0 Å².